The number of rotatable bonds is 2. The number of ketones is 1. The Balaban J connectivity index is 3.50. The van der Waals surface area contributed by atoms with E-state index in [0.29, 0.717) is 0 Å². The standard InChI is InChI=1S/C7H10O/c1-3-4-5-6-7(2)8/h3-6H,1-2H3/b4-3+,6-5+. The molecule has 0 spiro atoms. The van der Waals surface area contributed by atoms with E-state index in [2.05, 4.69) is 0 Å². The van der Waals surface area contributed by atoms with E-state index < -0.39 is 0 Å². The molecular formula is C7H10O. The first-order chi connectivity index (χ1) is 3.77. The van der Waals surface area contributed by atoms with E-state index in [1.165, 1.54) is 13.0 Å². The fourth-order valence-corrected chi connectivity index (χ4v) is 0.302. The van der Waals surface area contributed by atoms with Gasteiger partial charge < -0.3 is 0 Å². The lowest BCUT2D eigenvalue weighted by Crippen LogP contribution is -1.76. The van der Waals surface area contributed by atoms with E-state index in [1.54, 1.807) is 6.08 Å². The van der Waals surface area contributed by atoms with Crippen molar-refractivity contribution in [1.29, 1.82) is 0 Å². The second-order valence-electron chi connectivity index (χ2n) is 1.50. The highest BCUT2D eigenvalue weighted by atomic mass is 16.1. The van der Waals surface area contributed by atoms with Gasteiger partial charge in [-0.05, 0) is 19.9 Å². The van der Waals surface area contributed by atoms with Gasteiger partial charge in [0.1, 0.15) is 0 Å². The van der Waals surface area contributed by atoms with Gasteiger partial charge in [-0.2, -0.15) is 0 Å². The molecule has 0 saturated heterocycles. The summed E-state index contributed by atoms with van der Waals surface area (Å²) in [7, 11) is 0. The molecule has 0 aliphatic carbocycles. The van der Waals surface area contributed by atoms with Crippen LogP contribution < -0.4 is 0 Å². The summed E-state index contributed by atoms with van der Waals surface area (Å²) >= 11 is 0. The third kappa shape index (κ3) is 5.15. The van der Waals surface area contributed by atoms with Crippen LogP contribution in [-0.2, 0) is 4.79 Å². The fourth-order valence-electron chi connectivity index (χ4n) is 0.302. The van der Waals surface area contributed by atoms with E-state index in [4.69, 9.17) is 0 Å². The minimum Gasteiger partial charge on any atom is -0.295 e. The highest BCUT2D eigenvalue weighted by Gasteiger charge is 1.74. The molecule has 0 N–H and O–H groups in total. The first kappa shape index (κ1) is 7.15. The van der Waals surface area contributed by atoms with Gasteiger partial charge in [-0.3, -0.25) is 4.79 Å². The van der Waals surface area contributed by atoms with Crippen molar-refractivity contribution in [3.05, 3.63) is 24.3 Å². The molecule has 0 unspecified atom stereocenters. The summed E-state index contributed by atoms with van der Waals surface area (Å²) in [5, 5.41) is 0. The van der Waals surface area contributed by atoms with Gasteiger partial charge in [0.25, 0.3) is 0 Å². The number of carbonyl (C=O) groups is 1. The summed E-state index contributed by atoms with van der Waals surface area (Å²) < 4.78 is 0. The third-order valence-corrected chi connectivity index (χ3v) is 0.634. The van der Waals surface area contributed by atoms with Crippen molar-refractivity contribution >= 4 is 5.78 Å². The van der Waals surface area contributed by atoms with Crippen LogP contribution in [0.3, 0.4) is 0 Å². The zero-order valence-electron chi connectivity index (χ0n) is 5.22. The molecule has 0 aliphatic rings. The molecule has 8 heavy (non-hydrogen) atoms. The predicted molar refractivity (Wildman–Crippen MR) is 34.6 cm³/mol. The molecular weight excluding hydrogens is 100 g/mol. The largest absolute Gasteiger partial charge is 0.295 e. The molecule has 0 aromatic rings. The van der Waals surface area contributed by atoms with Crippen molar-refractivity contribution in [2.45, 2.75) is 13.8 Å². The molecule has 0 fully saturated rings. The second-order valence-corrected chi connectivity index (χ2v) is 1.50. The van der Waals surface area contributed by atoms with E-state index in [9.17, 15) is 4.79 Å². The Hall–Kier alpha value is -0.850. The Morgan fingerprint density at radius 3 is 2.38 bits per heavy atom. The normalized spacial score (nSPS) is 11.2. The zero-order valence-corrected chi connectivity index (χ0v) is 5.22. The molecule has 0 heterocycles. The first-order valence-electron chi connectivity index (χ1n) is 2.57. The summed E-state index contributed by atoms with van der Waals surface area (Å²) in [5.41, 5.74) is 0. The van der Waals surface area contributed by atoms with Gasteiger partial charge in [-0.15, -0.1) is 0 Å². The molecule has 0 saturated carbocycles. The van der Waals surface area contributed by atoms with Gasteiger partial charge in [-0.1, -0.05) is 18.2 Å². The third-order valence-electron chi connectivity index (χ3n) is 0.634. The highest BCUT2D eigenvalue weighted by Crippen LogP contribution is 1.76. The Morgan fingerprint density at radius 1 is 1.38 bits per heavy atom. The average molecular weight is 110 g/mol. The smallest absolute Gasteiger partial charge is 0.152 e. The fraction of sp³-hybridized carbons (Fsp3) is 0.286. The van der Waals surface area contributed by atoms with Gasteiger partial charge in [0, 0.05) is 0 Å². The van der Waals surface area contributed by atoms with Crippen LogP contribution in [0.25, 0.3) is 0 Å². The second kappa shape index (κ2) is 4.31. The maximum Gasteiger partial charge on any atom is 0.152 e. The average Bonchev–Trinajstić information content (AvgIpc) is 1.66. The van der Waals surface area contributed by atoms with Crippen LogP contribution >= 0.6 is 0 Å². The summed E-state index contributed by atoms with van der Waals surface area (Å²) in [6, 6.07) is 0. The number of carbonyl (C=O) groups excluding carboxylic acids is 1. The van der Waals surface area contributed by atoms with Crippen LogP contribution in [0.15, 0.2) is 24.3 Å². The van der Waals surface area contributed by atoms with E-state index in [-0.39, 0.29) is 5.78 Å². The minimum absolute atomic E-state index is 0.0862. The van der Waals surface area contributed by atoms with Crippen LogP contribution in [-0.4, -0.2) is 5.78 Å². The number of allylic oxidation sites excluding steroid dienone is 4. The molecule has 0 aromatic carbocycles. The number of hydrogen-bond acceptors (Lipinski definition) is 1. The quantitative estimate of drug-likeness (QED) is 0.390. The van der Waals surface area contributed by atoms with E-state index in [0.717, 1.165) is 0 Å². The molecule has 1 nitrogen and oxygen atoms in total. The molecule has 0 amide bonds. The lowest BCUT2D eigenvalue weighted by atomic mass is 10.4. The lowest BCUT2D eigenvalue weighted by Gasteiger charge is -1.72. The zero-order chi connectivity index (χ0) is 6.41. The molecule has 0 bridgehead atoms. The van der Waals surface area contributed by atoms with Crippen LogP contribution in [0.1, 0.15) is 13.8 Å². The maximum absolute atomic E-state index is 10.2. The Morgan fingerprint density at radius 2 is 2.00 bits per heavy atom. The Labute approximate surface area is 49.7 Å². The van der Waals surface area contributed by atoms with Crippen molar-refractivity contribution < 1.29 is 4.79 Å². The van der Waals surface area contributed by atoms with Crippen molar-refractivity contribution in [3.8, 4) is 0 Å². The van der Waals surface area contributed by atoms with E-state index in [1.807, 2.05) is 19.1 Å². The van der Waals surface area contributed by atoms with Crippen LogP contribution in [0, 0.1) is 0 Å². The molecule has 44 valence electrons. The van der Waals surface area contributed by atoms with Crippen LogP contribution in [0.5, 0.6) is 0 Å². The van der Waals surface area contributed by atoms with Gasteiger partial charge >= 0.3 is 0 Å². The van der Waals surface area contributed by atoms with Crippen LogP contribution in [0.2, 0.25) is 0 Å². The number of hydrogen-bond donors (Lipinski definition) is 0. The Bertz CT molecular complexity index is 120. The van der Waals surface area contributed by atoms with E-state index >= 15 is 0 Å². The molecule has 0 atom stereocenters. The summed E-state index contributed by atoms with van der Waals surface area (Å²) in [5.74, 6) is 0.0862. The maximum atomic E-state index is 10.2. The van der Waals surface area contributed by atoms with Crippen LogP contribution in [0.4, 0.5) is 0 Å². The highest BCUT2D eigenvalue weighted by molar-refractivity contribution is 5.87. The predicted octanol–water partition coefficient (Wildman–Crippen LogP) is 1.71. The first-order valence-corrected chi connectivity index (χ1v) is 2.57. The van der Waals surface area contributed by atoms with Crippen molar-refractivity contribution in [2.24, 2.45) is 0 Å². The summed E-state index contributed by atoms with van der Waals surface area (Å²) in [4.78, 5) is 10.2. The molecule has 1 heteroatoms. The SMILES string of the molecule is C/C=C/C=C/C(C)=O. The lowest BCUT2D eigenvalue weighted by molar-refractivity contribution is -0.112. The monoisotopic (exact) mass is 110 g/mol. The van der Waals surface area contributed by atoms with Gasteiger partial charge in [-0.25, -0.2) is 0 Å². The van der Waals surface area contributed by atoms with Crippen molar-refractivity contribution in [2.75, 3.05) is 0 Å². The van der Waals surface area contributed by atoms with Crippen molar-refractivity contribution in [1.82, 2.24) is 0 Å². The summed E-state index contributed by atoms with van der Waals surface area (Å²) in [6.45, 7) is 3.43. The van der Waals surface area contributed by atoms with Gasteiger partial charge in [0.2, 0.25) is 0 Å². The topological polar surface area (TPSA) is 17.1 Å². The Kier molecular flexibility index (Phi) is 3.85. The molecule has 0 rings (SSSR count). The molecule has 0 aliphatic heterocycles. The van der Waals surface area contributed by atoms with Gasteiger partial charge in [0.15, 0.2) is 5.78 Å². The minimum atomic E-state index is 0.0862. The van der Waals surface area contributed by atoms with Gasteiger partial charge in [0.05, 0.1) is 0 Å². The van der Waals surface area contributed by atoms with Crippen molar-refractivity contribution in [3.63, 3.8) is 0 Å². The molecule has 0 radical (unpaired) electrons. The molecule has 0 aromatic heterocycles. The summed E-state index contributed by atoms with van der Waals surface area (Å²) in [6.07, 6.45) is 6.95.